The van der Waals surface area contributed by atoms with Crippen molar-refractivity contribution in [3.05, 3.63) is 29.3 Å². The van der Waals surface area contributed by atoms with E-state index in [2.05, 4.69) is 32.9 Å². The van der Waals surface area contributed by atoms with Gasteiger partial charge in [-0.1, -0.05) is 19.9 Å². The highest BCUT2D eigenvalue weighted by atomic mass is 16.5. The molecule has 1 amide bonds. The van der Waals surface area contributed by atoms with Gasteiger partial charge in [-0.3, -0.25) is 4.79 Å². The van der Waals surface area contributed by atoms with Crippen molar-refractivity contribution in [2.75, 3.05) is 19.7 Å². The van der Waals surface area contributed by atoms with Gasteiger partial charge in [0.15, 0.2) is 0 Å². The summed E-state index contributed by atoms with van der Waals surface area (Å²) in [6.07, 6.45) is 3.15. The van der Waals surface area contributed by atoms with Gasteiger partial charge >= 0.3 is 0 Å². The van der Waals surface area contributed by atoms with Gasteiger partial charge in [-0.15, -0.1) is 0 Å². The van der Waals surface area contributed by atoms with E-state index in [1.54, 1.807) is 0 Å². The molecule has 0 radical (unpaired) electrons. The van der Waals surface area contributed by atoms with Gasteiger partial charge in [0.25, 0.3) is 0 Å². The lowest BCUT2D eigenvalue weighted by atomic mass is 9.98. The maximum absolute atomic E-state index is 12.1. The highest BCUT2D eigenvalue weighted by Gasteiger charge is 2.19. The molecule has 0 saturated carbocycles. The molecule has 0 aliphatic carbocycles. The fourth-order valence-electron chi connectivity index (χ4n) is 3.11. The van der Waals surface area contributed by atoms with Crippen LogP contribution in [0.15, 0.2) is 18.2 Å². The number of rotatable bonds is 6. The lowest BCUT2D eigenvalue weighted by Gasteiger charge is -2.30. The minimum atomic E-state index is 0.229. The first kappa shape index (κ1) is 17.8. The van der Waals surface area contributed by atoms with Crippen LogP contribution in [0.1, 0.15) is 56.6 Å². The van der Waals surface area contributed by atoms with Crippen molar-refractivity contribution in [3.8, 4) is 5.75 Å². The third-order valence-corrected chi connectivity index (χ3v) is 4.56. The van der Waals surface area contributed by atoms with E-state index >= 15 is 0 Å². The molecule has 2 rings (SSSR count). The van der Waals surface area contributed by atoms with Crippen LogP contribution in [-0.4, -0.2) is 36.5 Å². The Kier molecular flexibility index (Phi) is 6.46. The molecule has 1 aliphatic rings. The monoisotopic (exact) mass is 318 g/mol. The number of nitrogens with two attached hydrogens (primary N) is 1. The van der Waals surface area contributed by atoms with E-state index in [9.17, 15) is 4.79 Å². The van der Waals surface area contributed by atoms with Gasteiger partial charge in [-0.2, -0.15) is 0 Å². The highest BCUT2D eigenvalue weighted by molar-refractivity contribution is 5.76. The van der Waals surface area contributed by atoms with E-state index in [1.807, 2.05) is 11.0 Å². The Balaban J connectivity index is 1.71. The summed E-state index contributed by atoms with van der Waals surface area (Å²) in [5.41, 5.74) is 8.49. The van der Waals surface area contributed by atoms with Crippen LogP contribution in [0.25, 0.3) is 0 Å². The van der Waals surface area contributed by atoms with Crippen LogP contribution in [-0.2, 0) is 4.79 Å². The Morgan fingerprint density at radius 1 is 1.35 bits per heavy atom. The number of benzene rings is 1. The summed E-state index contributed by atoms with van der Waals surface area (Å²) >= 11 is 0. The Hall–Kier alpha value is -1.55. The van der Waals surface area contributed by atoms with Crippen LogP contribution < -0.4 is 10.5 Å². The van der Waals surface area contributed by atoms with Gasteiger partial charge in [0.2, 0.25) is 5.91 Å². The Bertz CT molecular complexity index is 520. The zero-order chi connectivity index (χ0) is 16.8. The molecule has 0 bridgehead atoms. The molecule has 0 spiro atoms. The number of carbonyl (C=O) groups excluding carboxylic acids is 1. The molecule has 1 fully saturated rings. The van der Waals surface area contributed by atoms with E-state index in [0.29, 0.717) is 18.9 Å². The highest BCUT2D eigenvalue weighted by Crippen LogP contribution is 2.23. The number of ether oxygens (including phenoxy) is 1. The first-order valence-electron chi connectivity index (χ1n) is 8.74. The van der Waals surface area contributed by atoms with Crippen molar-refractivity contribution >= 4 is 5.91 Å². The van der Waals surface area contributed by atoms with Crippen LogP contribution in [0.2, 0.25) is 0 Å². The third-order valence-electron chi connectivity index (χ3n) is 4.56. The molecule has 4 heteroatoms. The molecule has 128 valence electrons. The molecule has 0 unspecified atom stereocenters. The van der Waals surface area contributed by atoms with Gasteiger partial charge < -0.3 is 15.4 Å². The average molecular weight is 318 g/mol. The standard InChI is InChI=1S/C19H30N2O2/c1-14(2)18-7-6-17(13-15(18)3)23-12-4-5-19(22)21-10-8-16(20)9-11-21/h6-7,13-14,16H,4-5,8-12,20H2,1-3H3. The molecule has 4 nitrogen and oxygen atoms in total. The molecule has 0 atom stereocenters. The number of likely N-dealkylation sites (tertiary alicyclic amines) is 1. The first-order chi connectivity index (χ1) is 11.0. The molecule has 1 heterocycles. The van der Waals surface area contributed by atoms with E-state index in [1.165, 1.54) is 11.1 Å². The average Bonchev–Trinajstić information content (AvgIpc) is 2.51. The second-order valence-electron chi connectivity index (χ2n) is 6.84. The number of piperidine rings is 1. The minimum Gasteiger partial charge on any atom is -0.494 e. The van der Waals surface area contributed by atoms with Crippen LogP contribution in [0, 0.1) is 6.92 Å². The van der Waals surface area contributed by atoms with Crippen LogP contribution >= 0.6 is 0 Å². The number of aryl methyl sites for hydroxylation is 1. The van der Waals surface area contributed by atoms with Gasteiger partial charge in [-0.25, -0.2) is 0 Å². The molecule has 1 aromatic carbocycles. The Morgan fingerprint density at radius 2 is 2.04 bits per heavy atom. The minimum absolute atomic E-state index is 0.229. The Morgan fingerprint density at radius 3 is 2.65 bits per heavy atom. The second-order valence-corrected chi connectivity index (χ2v) is 6.84. The molecule has 1 aromatic rings. The Labute approximate surface area is 140 Å². The predicted octanol–water partition coefficient (Wildman–Crippen LogP) is 3.23. The van der Waals surface area contributed by atoms with Gasteiger partial charge in [-0.05, 0) is 55.4 Å². The summed E-state index contributed by atoms with van der Waals surface area (Å²) in [7, 11) is 0. The van der Waals surface area contributed by atoms with E-state index < -0.39 is 0 Å². The van der Waals surface area contributed by atoms with Crippen molar-refractivity contribution in [2.24, 2.45) is 5.73 Å². The van der Waals surface area contributed by atoms with Crippen molar-refractivity contribution in [2.45, 2.75) is 58.4 Å². The summed E-state index contributed by atoms with van der Waals surface area (Å²) in [6.45, 7) is 8.70. The van der Waals surface area contributed by atoms with Gasteiger partial charge in [0.05, 0.1) is 6.61 Å². The SMILES string of the molecule is Cc1cc(OCCCC(=O)N2CCC(N)CC2)ccc1C(C)C. The molecule has 1 aliphatic heterocycles. The van der Waals surface area contributed by atoms with Crippen molar-refractivity contribution in [1.29, 1.82) is 0 Å². The molecule has 23 heavy (non-hydrogen) atoms. The first-order valence-corrected chi connectivity index (χ1v) is 8.74. The quantitative estimate of drug-likeness (QED) is 0.819. The summed E-state index contributed by atoms with van der Waals surface area (Å²) in [5.74, 6) is 1.65. The lowest BCUT2D eigenvalue weighted by Crippen LogP contribution is -2.42. The van der Waals surface area contributed by atoms with Gasteiger partial charge in [0, 0.05) is 25.6 Å². The predicted molar refractivity (Wildman–Crippen MR) is 93.8 cm³/mol. The zero-order valence-electron chi connectivity index (χ0n) is 14.7. The fourth-order valence-corrected chi connectivity index (χ4v) is 3.11. The summed E-state index contributed by atoms with van der Waals surface area (Å²) in [5, 5.41) is 0. The van der Waals surface area contributed by atoms with Crippen LogP contribution in [0.4, 0.5) is 0 Å². The molecular formula is C19H30N2O2. The maximum atomic E-state index is 12.1. The van der Waals surface area contributed by atoms with Crippen LogP contribution in [0.3, 0.4) is 0 Å². The zero-order valence-corrected chi connectivity index (χ0v) is 14.7. The molecule has 2 N–H and O–H groups in total. The molecule has 0 aromatic heterocycles. The summed E-state index contributed by atoms with van der Waals surface area (Å²) in [4.78, 5) is 14.1. The van der Waals surface area contributed by atoms with Gasteiger partial charge in [0.1, 0.15) is 5.75 Å². The third kappa shape index (κ3) is 5.24. The van der Waals surface area contributed by atoms with Crippen molar-refractivity contribution in [3.63, 3.8) is 0 Å². The second kappa shape index (κ2) is 8.34. The maximum Gasteiger partial charge on any atom is 0.222 e. The summed E-state index contributed by atoms with van der Waals surface area (Å²) in [6, 6.07) is 6.51. The van der Waals surface area contributed by atoms with Crippen molar-refractivity contribution in [1.82, 2.24) is 4.90 Å². The topological polar surface area (TPSA) is 55.6 Å². The number of hydrogen-bond donors (Lipinski definition) is 1. The number of nitrogens with zero attached hydrogens (tertiary/aromatic N) is 1. The number of carbonyl (C=O) groups is 1. The smallest absolute Gasteiger partial charge is 0.222 e. The fraction of sp³-hybridized carbons (Fsp3) is 0.632. The number of amides is 1. The molecule has 1 saturated heterocycles. The van der Waals surface area contributed by atoms with E-state index in [4.69, 9.17) is 10.5 Å². The largest absolute Gasteiger partial charge is 0.494 e. The number of hydrogen-bond acceptors (Lipinski definition) is 3. The normalized spacial score (nSPS) is 16.0. The lowest BCUT2D eigenvalue weighted by molar-refractivity contribution is -0.132. The molecular weight excluding hydrogens is 288 g/mol. The van der Waals surface area contributed by atoms with Crippen LogP contribution in [0.5, 0.6) is 5.75 Å². The van der Waals surface area contributed by atoms with E-state index in [0.717, 1.165) is 38.1 Å². The van der Waals surface area contributed by atoms with Crippen molar-refractivity contribution < 1.29 is 9.53 Å². The van der Waals surface area contributed by atoms with E-state index in [-0.39, 0.29) is 11.9 Å². The summed E-state index contributed by atoms with van der Waals surface area (Å²) < 4.78 is 5.79.